The number of likely N-dealkylation sites (N-methyl/N-ethyl adjacent to an activating group) is 1. The smallest absolute Gasteiger partial charge is 0.0765 e. The van der Waals surface area contributed by atoms with Crippen LogP contribution >= 0.6 is 0 Å². The van der Waals surface area contributed by atoms with E-state index < -0.39 is 0 Å². The van der Waals surface area contributed by atoms with Gasteiger partial charge in [-0.2, -0.15) is 0 Å². The van der Waals surface area contributed by atoms with Crippen molar-refractivity contribution in [2.24, 2.45) is 0 Å². The molecule has 1 aliphatic rings. The zero-order chi connectivity index (χ0) is 9.26. The highest BCUT2D eigenvalue weighted by Crippen LogP contribution is 2.29. The van der Waals surface area contributed by atoms with Gasteiger partial charge in [0.1, 0.15) is 0 Å². The van der Waals surface area contributed by atoms with E-state index in [0.29, 0.717) is 6.04 Å². The minimum atomic E-state index is 0.606. The summed E-state index contributed by atoms with van der Waals surface area (Å²) in [5.41, 5.74) is 2.41. The first-order chi connectivity index (χ1) is 6.33. The zero-order valence-corrected chi connectivity index (χ0v) is 8.12. The van der Waals surface area contributed by atoms with Crippen molar-refractivity contribution in [3.05, 3.63) is 18.5 Å². The van der Waals surface area contributed by atoms with Crippen LogP contribution in [0.5, 0.6) is 0 Å². The predicted octanol–water partition coefficient (Wildman–Crippen LogP) is 1.72. The fourth-order valence-corrected chi connectivity index (χ4v) is 1.81. The van der Waals surface area contributed by atoms with E-state index in [1.54, 1.807) is 0 Å². The van der Waals surface area contributed by atoms with Crippen molar-refractivity contribution in [1.29, 1.82) is 0 Å². The van der Waals surface area contributed by atoms with Gasteiger partial charge in [-0.05, 0) is 12.5 Å². The van der Waals surface area contributed by atoms with Crippen LogP contribution in [0.15, 0.2) is 18.5 Å². The summed E-state index contributed by atoms with van der Waals surface area (Å²) in [5, 5.41) is 3.39. The van der Waals surface area contributed by atoms with Gasteiger partial charge >= 0.3 is 0 Å². The van der Waals surface area contributed by atoms with E-state index in [-0.39, 0.29) is 0 Å². The van der Waals surface area contributed by atoms with Gasteiger partial charge in [-0.3, -0.25) is 4.98 Å². The van der Waals surface area contributed by atoms with Gasteiger partial charge in [-0.1, -0.05) is 6.92 Å². The van der Waals surface area contributed by atoms with Crippen LogP contribution in [0.3, 0.4) is 0 Å². The Morgan fingerprint density at radius 2 is 2.54 bits per heavy atom. The molecule has 0 bridgehead atoms. The van der Waals surface area contributed by atoms with Crippen LogP contribution < -0.4 is 10.2 Å². The minimum Gasteiger partial charge on any atom is -0.380 e. The Hall–Kier alpha value is -1.25. The molecular formula is C10H15N3. The second kappa shape index (κ2) is 3.24. The SMILES string of the molecule is CCC1CNc2cnccc2N1C. The predicted molar refractivity (Wildman–Crippen MR) is 55.2 cm³/mol. The number of hydrogen-bond acceptors (Lipinski definition) is 3. The molecule has 13 heavy (non-hydrogen) atoms. The lowest BCUT2D eigenvalue weighted by molar-refractivity contribution is 0.622. The summed E-state index contributed by atoms with van der Waals surface area (Å²) < 4.78 is 0. The molecule has 0 saturated heterocycles. The van der Waals surface area contributed by atoms with Crippen molar-refractivity contribution in [3.8, 4) is 0 Å². The van der Waals surface area contributed by atoms with Crippen molar-refractivity contribution in [1.82, 2.24) is 4.98 Å². The first kappa shape index (κ1) is 8.35. The van der Waals surface area contributed by atoms with Gasteiger partial charge in [-0.25, -0.2) is 0 Å². The zero-order valence-electron chi connectivity index (χ0n) is 8.12. The van der Waals surface area contributed by atoms with Crippen molar-refractivity contribution in [2.45, 2.75) is 19.4 Å². The Bertz CT molecular complexity index is 298. The lowest BCUT2D eigenvalue weighted by Gasteiger charge is -2.35. The van der Waals surface area contributed by atoms with E-state index in [1.807, 2.05) is 12.4 Å². The molecule has 1 atom stereocenters. The van der Waals surface area contributed by atoms with Crippen molar-refractivity contribution < 1.29 is 0 Å². The van der Waals surface area contributed by atoms with Gasteiger partial charge in [0.25, 0.3) is 0 Å². The Morgan fingerprint density at radius 1 is 1.69 bits per heavy atom. The molecule has 1 aromatic heterocycles. The summed E-state index contributed by atoms with van der Waals surface area (Å²) >= 11 is 0. The number of fused-ring (bicyclic) bond motifs is 1. The van der Waals surface area contributed by atoms with Crippen molar-refractivity contribution in [3.63, 3.8) is 0 Å². The van der Waals surface area contributed by atoms with Gasteiger partial charge in [0.05, 0.1) is 17.6 Å². The van der Waals surface area contributed by atoms with E-state index >= 15 is 0 Å². The molecule has 70 valence electrons. The Labute approximate surface area is 78.8 Å². The molecule has 1 unspecified atom stereocenters. The average Bonchev–Trinajstić information content (AvgIpc) is 2.19. The Balaban J connectivity index is 2.33. The first-order valence-electron chi connectivity index (χ1n) is 4.73. The molecule has 2 rings (SSSR count). The summed E-state index contributed by atoms with van der Waals surface area (Å²) in [6.45, 7) is 3.24. The van der Waals surface area contributed by atoms with Crippen LogP contribution in [-0.4, -0.2) is 24.6 Å². The molecule has 0 aliphatic carbocycles. The highest BCUT2D eigenvalue weighted by Gasteiger charge is 2.20. The normalized spacial score (nSPS) is 20.8. The second-order valence-electron chi connectivity index (χ2n) is 3.45. The molecular weight excluding hydrogens is 162 g/mol. The number of pyridine rings is 1. The fourth-order valence-electron chi connectivity index (χ4n) is 1.81. The number of nitrogens with one attached hydrogen (secondary N) is 1. The average molecular weight is 177 g/mol. The van der Waals surface area contributed by atoms with Gasteiger partial charge < -0.3 is 10.2 Å². The minimum absolute atomic E-state index is 0.606. The third-order valence-corrected chi connectivity index (χ3v) is 2.73. The summed E-state index contributed by atoms with van der Waals surface area (Å²) in [4.78, 5) is 6.42. The molecule has 0 amide bonds. The van der Waals surface area contributed by atoms with Crippen LogP contribution in [0.25, 0.3) is 0 Å². The largest absolute Gasteiger partial charge is 0.380 e. The molecule has 3 heteroatoms. The molecule has 0 radical (unpaired) electrons. The summed E-state index contributed by atoms with van der Waals surface area (Å²) in [7, 11) is 2.15. The van der Waals surface area contributed by atoms with Crippen molar-refractivity contribution >= 4 is 11.4 Å². The maximum Gasteiger partial charge on any atom is 0.0765 e. The van der Waals surface area contributed by atoms with Gasteiger partial charge in [0.15, 0.2) is 0 Å². The lowest BCUT2D eigenvalue weighted by Crippen LogP contribution is -2.40. The molecule has 1 N–H and O–H groups in total. The van der Waals surface area contributed by atoms with Crippen LogP contribution in [0.2, 0.25) is 0 Å². The molecule has 3 nitrogen and oxygen atoms in total. The monoisotopic (exact) mass is 177 g/mol. The van der Waals surface area contributed by atoms with E-state index in [4.69, 9.17) is 0 Å². The summed E-state index contributed by atoms with van der Waals surface area (Å²) in [5.74, 6) is 0. The lowest BCUT2D eigenvalue weighted by atomic mass is 10.1. The molecule has 0 aromatic carbocycles. The highest BCUT2D eigenvalue weighted by atomic mass is 15.2. The Morgan fingerprint density at radius 3 is 3.31 bits per heavy atom. The van der Waals surface area contributed by atoms with Crippen LogP contribution in [0.4, 0.5) is 11.4 Å². The third-order valence-electron chi connectivity index (χ3n) is 2.73. The molecule has 2 heterocycles. The van der Waals surface area contributed by atoms with Crippen LogP contribution in [0.1, 0.15) is 13.3 Å². The van der Waals surface area contributed by atoms with Gasteiger partial charge in [-0.15, -0.1) is 0 Å². The summed E-state index contributed by atoms with van der Waals surface area (Å²) in [6, 6.07) is 2.67. The molecule has 0 saturated carbocycles. The van der Waals surface area contributed by atoms with Crippen LogP contribution in [0, 0.1) is 0 Å². The van der Waals surface area contributed by atoms with Gasteiger partial charge in [0, 0.05) is 25.8 Å². The fraction of sp³-hybridized carbons (Fsp3) is 0.500. The van der Waals surface area contributed by atoms with Crippen LogP contribution in [-0.2, 0) is 0 Å². The molecule has 0 spiro atoms. The molecule has 1 aromatic rings. The number of nitrogens with zero attached hydrogens (tertiary/aromatic N) is 2. The van der Waals surface area contributed by atoms with Gasteiger partial charge in [0.2, 0.25) is 0 Å². The van der Waals surface area contributed by atoms with Crippen molar-refractivity contribution in [2.75, 3.05) is 23.8 Å². The number of rotatable bonds is 1. The number of aromatic nitrogens is 1. The highest BCUT2D eigenvalue weighted by molar-refractivity contribution is 5.71. The standard InChI is InChI=1S/C10H15N3/c1-3-8-6-12-9-7-11-5-4-10(9)13(8)2/h4-5,7-8,12H,3,6H2,1-2H3. The first-order valence-corrected chi connectivity index (χ1v) is 4.73. The third kappa shape index (κ3) is 1.34. The van der Waals surface area contributed by atoms with E-state index in [2.05, 4.69) is 35.2 Å². The molecule has 0 fully saturated rings. The maximum absolute atomic E-state index is 4.09. The number of anilines is 2. The van der Waals surface area contributed by atoms with E-state index in [9.17, 15) is 0 Å². The second-order valence-corrected chi connectivity index (χ2v) is 3.45. The number of hydrogen-bond donors (Lipinski definition) is 1. The summed E-state index contributed by atoms with van der Waals surface area (Å²) in [6.07, 6.45) is 4.90. The maximum atomic E-state index is 4.09. The quantitative estimate of drug-likeness (QED) is 0.708. The van der Waals surface area contributed by atoms with E-state index in [1.165, 1.54) is 12.1 Å². The molecule has 1 aliphatic heterocycles. The Kier molecular flexibility index (Phi) is 2.08. The topological polar surface area (TPSA) is 28.2 Å². The van der Waals surface area contributed by atoms with E-state index in [0.717, 1.165) is 12.2 Å².